The van der Waals surface area contributed by atoms with Crippen LogP contribution in [0.1, 0.15) is 17.8 Å². The number of H-pyrrole nitrogens is 1. The highest BCUT2D eigenvalue weighted by molar-refractivity contribution is 5.13. The summed E-state index contributed by atoms with van der Waals surface area (Å²) >= 11 is 0. The molecule has 0 fully saturated rings. The summed E-state index contributed by atoms with van der Waals surface area (Å²) in [7, 11) is 1.63. The molecule has 0 amide bonds. The second-order valence-electron chi connectivity index (χ2n) is 4.14. The fourth-order valence-corrected chi connectivity index (χ4v) is 1.67. The van der Waals surface area contributed by atoms with Crippen LogP contribution in [0.3, 0.4) is 0 Å². The number of nitrogens with zero attached hydrogens (tertiary/aromatic N) is 2. The number of hydrogen-bond donors (Lipinski definition) is 1. The van der Waals surface area contributed by atoms with E-state index in [1.807, 2.05) is 30.3 Å². The van der Waals surface area contributed by atoms with Gasteiger partial charge in [0, 0.05) is 20.1 Å². The molecule has 5 nitrogen and oxygen atoms in total. The van der Waals surface area contributed by atoms with Crippen LogP contribution in [0.2, 0.25) is 0 Å². The molecule has 0 bridgehead atoms. The van der Waals surface area contributed by atoms with Crippen molar-refractivity contribution in [2.75, 3.05) is 6.61 Å². The van der Waals surface area contributed by atoms with Gasteiger partial charge in [-0.1, -0.05) is 30.3 Å². The van der Waals surface area contributed by atoms with Crippen molar-refractivity contribution in [3.05, 3.63) is 52.2 Å². The molecule has 0 spiro atoms. The highest BCUT2D eigenvalue weighted by Crippen LogP contribution is 2.01. The van der Waals surface area contributed by atoms with Crippen molar-refractivity contribution in [1.82, 2.24) is 14.8 Å². The smallest absolute Gasteiger partial charge is 0.342 e. The molecular formula is C13H17N3O2. The van der Waals surface area contributed by atoms with E-state index in [1.165, 1.54) is 10.2 Å². The van der Waals surface area contributed by atoms with E-state index in [-0.39, 0.29) is 5.69 Å². The number of hydrogen-bond acceptors (Lipinski definition) is 3. The Kier molecular flexibility index (Phi) is 4.30. The van der Waals surface area contributed by atoms with Crippen LogP contribution < -0.4 is 5.69 Å². The average Bonchev–Trinajstić information content (AvgIpc) is 2.70. The lowest BCUT2D eigenvalue weighted by molar-refractivity contribution is 0.118. The second kappa shape index (κ2) is 6.16. The molecule has 0 radical (unpaired) electrons. The van der Waals surface area contributed by atoms with Gasteiger partial charge in [0.05, 0.1) is 6.61 Å². The van der Waals surface area contributed by atoms with E-state index in [1.54, 1.807) is 7.05 Å². The van der Waals surface area contributed by atoms with Gasteiger partial charge in [0.15, 0.2) is 0 Å². The van der Waals surface area contributed by atoms with Crippen LogP contribution in [0, 0.1) is 0 Å². The minimum atomic E-state index is -0.171. The van der Waals surface area contributed by atoms with E-state index in [9.17, 15) is 4.79 Å². The lowest BCUT2D eigenvalue weighted by Gasteiger charge is -2.03. The second-order valence-corrected chi connectivity index (χ2v) is 4.14. The quantitative estimate of drug-likeness (QED) is 0.782. The van der Waals surface area contributed by atoms with Gasteiger partial charge in [0.2, 0.25) is 0 Å². The number of ether oxygens (including phenoxy) is 1. The van der Waals surface area contributed by atoms with Gasteiger partial charge in [-0.3, -0.25) is 4.98 Å². The average molecular weight is 247 g/mol. The first kappa shape index (κ1) is 12.6. The molecule has 0 aliphatic heterocycles. The normalized spacial score (nSPS) is 10.7. The zero-order valence-electron chi connectivity index (χ0n) is 10.4. The molecule has 1 aromatic carbocycles. The van der Waals surface area contributed by atoms with Crippen molar-refractivity contribution in [2.24, 2.45) is 7.05 Å². The van der Waals surface area contributed by atoms with Crippen LogP contribution in [-0.2, 0) is 24.8 Å². The van der Waals surface area contributed by atoms with Crippen LogP contribution >= 0.6 is 0 Å². The van der Waals surface area contributed by atoms with Crippen molar-refractivity contribution in [2.45, 2.75) is 19.4 Å². The third-order valence-corrected chi connectivity index (χ3v) is 2.63. The molecule has 0 saturated carbocycles. The van der Waals surface area contributed by atoms with Crippen LogP contribution in [0.5, 0.6) is 0 Å². The zero-order chi connectivity index (χ0) is 12.8. The maximum atomic E-state index is 11.1. The Hall–Kier alpha value is -1.88. The molecule has 1 aromatic heterocycles. The summed E-state index contributed by atoms with van der Waals surface area (Å²) in [6.07, 6.45) is 1.57. The van der Waals surface area contributed by atoms with Crippen LogP contribution in [0.15, 0.2) is 35.1 Å². The highest BCUT2D eigenvalue weighted by Gasteiger charge is 2.01. The molecule has 2 aromatic rings. The molecular weight excluding hydrogens is 230 g/mol. The fraction of sp³-hybridized carbons (Fsp3) is 0.385. The predicted molar refractivity (Wildman–Crippen MR) is 68.2 cm³/mol. The molecule has 1 heterocycles. The largest absolute Gasteiger partial charge is 0.377 e. The zero-order valence-corrected chi connectivity index (χ0v) is 10.4. The van der Waals surface area contributed by atoms with E-state index < -0.39 is 0 Å². The number of aryl methyl sites for hydroxylation is 2. The molecule has 18 heavy (non-hydrogen) atoms. The summed E-state index contributed by atoms with van der Waals surface area (Å²) < 4.78 is 6.86. The molecule has 2 rings (SSSR count). The van der Waals surface area contributed by atoms with E-state index in [0.717, 1.165) is 12.8 Å². The lowest BCUT2D eigenvalue weighted by atomic mass is 10.2. The Bertz CT molecular complexity index is 531. The van der Waals surface area contributed by atoms with E-state index in [0.29, 0.717) is 19.0 Å². The van der Waals surface area contributed by atoms with Crippen molar-refractivity contribution >= 4 is 0 Å². The Morgan fingerprint density at radius 1 is 1.33 bits per heavy atom. The monoisotopic (exact) mass is 247 g/mol. The van der Waals surface area contributed by atoms with Gasteiger partial charge in [-0.2, -0.15) is 5.10 Å². The minimum Gasteiger partial charge on any atom is -0.377 e. The van der Waals surface area contributed by atoms with Gasteiger partial charge in [0.1, 0.15) is 5.82 Å². The Balaban J connectivity index is 1.66. The third-order valence-electron chi connectivity index (χ3n) is 2.63. The van der Waals surface area contributed by atoms with Gasteiger partial charge in [0.25, 0.3) is 0 Å². The van der Waals surface area contributed by atoms with Crippen molar-refractivity contribution in [3.63, 3.8) is 0 Å². The molecule has 0 aliphatic rings. The van der Waals surface area contributed by atoms with Crippen molar-refractivity contribution < 1.29 is 4.74 Å². The van der Waals surface area contributed by atoms with Gasteiger partial charge in [-0.25, -0.2) is 9.48 Å². The summed E-state index contributed by atoms with van der Waals surface area (Å²) in [5.41, 5.74) is 0.999. The number of rotatable bonds is 6. The summed E-state index contributed by atoms with van der Waals surface area (Å²) in [4.78, 5) is 13.8. The van der Waals surface area contributed by atoms with Crippen molar-refractivity contribution in [1.29, 1.82) is 0 Å². The first-order valence-electron chi connectivity index (χ1n) is 5.99. The van der Waals surface area contributed by atoms with Crippen molar-refractivity contribution in [3.8, 4) is 0 Å². The maximum Gasteiger partial charge on any atom is 0.342 e. The van der Waals surface area contributed by atoms with Gasteiger partial charge < -0.3 is 4.74 Å². The standard InChI is InChI=1S/C13H17N3O2/c1-16-13(17)14-12(15-16)8-5-9-18-10-11-6-3-2-4-7-11/h2-4,6-7H,5,8-10H2,1H3,(H,14,15,17). The lowest BCUT2D eigenvalue weighted by Crippen LogP contribution is -2.13. The molecule has 96 valence electrons. The first-order valence-corrected chi connectivity index (χ1v) is 5.99. The fourth-order valence-electron chi connectivity index (χ4n) is 1.67. The van der Waals surface area contributed by atoms with Crippen LogP contribution in [-0.4, -0.2) is 21.4 Å². The van der Waals surface area contributed by atoms with Gasteiger partial charge in [-0.05, 0) is 12.0 Å². The molecule has 0 aliphatic carbocycles. The van der Waals surface area contributed by atoms with Gasteiger partial charge >= 0.3 is 5.69 Å². The molecule has 1 N–H and O–H groups in total. The van der Waals surface area contributed by atoms with Crippen LogP contribution in [0.25, 0.3) is 0 Å². The van der Waals surface area contributed by atoms with E-state index >= 15 is 0 Å². The van der Waals surface area contributed by atoms with E-state index in [4.69, 9.17) is 4.74 Å². The van der Waals surface area contributed by atoms with Crippen LogP contribution in [0.4, 0.5) is 0 Å². The summed E-state index contributed by atoms with van der Waals surface area (Å²) in [6, 6.07) is 10.1. The van der Waals surface area contributed by atoms with Gasteiger partial charge in [-0.15, -0.1) is 0 Å². The summed E-state index contributed by atoms with van der Waals surface area (Å²) in [5.74, 6) is 0.714. The Morgan fingerprint density at radius 3 is 2.78 bits per heavy atom. The predicted octanol–water partition coefficient (Wildman–Crippen LogP) is 1.26. The highest BCUT2D eigenvalue weighted by atomic mass is 16.5. The topological polar surface area (TPSA) is 59.9 Å². The number of benzene rings is 1. The molecule has 0 atom stereocenters. The summed E-state index contributed by atoms with van der Waals surface area (Å²) in [6.45, 7) is 1.28. The SMILES string of the molecule is Cn1nc(CCCOCc2ccccc2)[nH]c1=O. The summed E-state index contributed by atoms with van der Waals surface area (Å²) in [5, 5.41) is 4.06. The molecule has 0 unspecified atom stereocenters. The molecule has 5 heteroatoms. The Morgan fingerprint density at radius 2 is 2.11 bits per heavy atom. The van der Waals surface area contributed by atoms with E-state index in [2.05, 4.69) is 10.1 Å². The molecule has 0 saturated heterocycles. The first-order chi connectivity index (χ1) is 8.75. The number of aromatic nitrogens is 3. The number of aromatic amines is 1. The maximum absolute atomic E-state index is 11.1. The third kappa shape index (κ3) is 3.56. The Labute approximate surface area is 105 Å². The number of nitrogens with one attached hydrogen (secondary N) is 1. The minimum absolute atomic E-state index is 0.171.